The van der Waals surface area contributed by atoms with E-state index in [0.717, 1.165) is 11.3 Å². The molecule has 0 saturated carbocycles. The van der Waals surface area contributed by atoms with Crippen LogP contribution < -0.4 is 10.9 Å². The van der Waals surface area contributed by atoms with Gasteiger partial charge in [-0.2, -0.15) is 0 Å². The number of para-hydroxylation sites is 1. The summed E-state index contributed by atoms with van der Waals surface area (Å²) in [6, 6.07) is 28.8. The number of carbonyl (C=O) groups is 1. The van der Waals surface area contributed by atoms with E-state index in [1.165, 1.54) is 0 Å². The van der Waals surface area contributed by atoms with Gasteiger partial charge in [0.1, 0.15) is 0 Å². The van der Waals surface area contributed by atoms with E-state index >= 15 is 0 Å². The number of allylic oxidation sites excluding steroid dienone is 1. The Bertz CT molecular complexity index is 812. The Hall–Kier alpha value is -3.33. The Kier molecular flexibility index (Phi) is 5.05. The summed E-state index contributed by atoms with van der Waals surface area (Å²) in [6.45, 7) is 0. The molecule has 0 unspecified atom stereocenters. The van der Waals surface area contributed by atoms with Crippen LogP contribution >= 0.6 is 0 Å². The van der Waals surface area contributed by atoms with Crippen LogP contribution in [0.5, 0.6) is 0 Å². The van der Waals surface area contributed by atoms with Gasteiger partial charge in [-0.05, 0) is 17.7 Å². The molecule has 0 aliphatic heterocycles. The molecule has 2 N–H and O–H groups in total. The van der Waals surface area contributed by atoms with Crippen molar-refractivity contribution in [2.24, 2.45) is 0 Å². The quantitative estimate of drug-likeness (QED) is 0.399. The average Bonchev–Trinajstić information content (AvgIpc) is 2.67. The van der Waals surface area contributed by atoms with Gasteiger partial charge in [0.05, 0.1) is 11.4 Å². The maximum atomic E-state index is 12.5. The lowest BCUT2D eigenvalue weighted by atomic mass is 10.1. The first-order valence-corrected chi connectivity index (χ1v) is 7.76. The van der Waals surface area contributed by atoms with Crippen LogP contribution in [0.15, 0.2) is 97.1 Å². The molecule has 3 nitrogen and oxygen atoms in total. The van der Waals surface area contributed by atoms with Crippen LogP contribution in [0.4, 0.5) is 5.69 Å². The highest BCUT2D eigenvalue weighted by Crippen LogP contribution is 2.14. The van der Waals surface area contributed by atoms with Gasteiger partial charge >= 0.3 is 0 Å². The molecule has 0 amide bonds. The Balaban J connectivity index is 1.85. The topological polar surface area (TPSA) is 41.1 Å². The number of rotatable bonds is 6. The Morgan fingerprint density at radius 3 is 1.75 bits per heavy atom. The van der Waals surface area contributed by atoms with Crippen molar-refractivity contribution in [2.75, 3.05) is 5.43 Å². The van der Waals surface area contributed by atoms with Crippen molar-refractivity contribution in [3.8, 4) is 0 Å². The molecule has 0 heterocycles. The highest BCUT2D eigenvalue weighted by molar-refractivity contribution is 6.08. The van der Waals surface area contributed by atoms with Crippen LogP contribution in [0.25, 0.3) is 5.70 Å². The van der Waals surface area contributed by atoms with Crippen molar-refractivity contribution in [2.45, 2.75) is 0 Å². The molecule has 0 saturated heterocycles. The van der Waals surface area contributed by atoms with E-state index in [9.17, 15) is 4.79 Å². The second kappa shape index (κ2) is 7.79. The van der Waals surface area contributed by atoms with E-state index in [4.69, 9.17) is 0 Å². The number of ketones is 1. The number of hydrogen-bond acceptors (Lipinski definition) is 3. The third-order valence-corrected chi connectivity index (χ3v) is 3.53. The predicted octanol–water partition coefficient (Wildman–Crippen LogP) is 4.53. The Labute approximate surface area is 141 Å². The fraction of sp³-hybridized carbons (Fsp3) is 0. The second-order valence-corrected chi connectivity index (χ2v) is 5.27. The van der Waals surface area contributed by atoms with E-state index < -0.39 is 0 Å². The van der Waals surface area contributed by atoms with Crippen molar-refractivity contribution in [1.29, 1.82) is 0 Å². The SMILES string of the molecule is O=C(C=C(NNc1ccccc1)c1ccccc1)c1ccccc1. The number of hydrogen-bond donors (Lipinski definition) is 2. The summed E-state index contributed by atoms with van der Waals surface area (Å²) in [5.74, 6) is -0.0446. The summed E-state index contributed by atoms with van der Waals surface area (Å²) in [6.07, 6.45) is 1.61. The summed E-state index contributed by atoms with van der Waals surface area (Å²) >= 11 is 0. The van der Waals surface area contributed by atoms with E-state index in [-0.39, 0.29) is 5.78 Å². The lowest BCUT2D eigenvalue weighted by molar-refractivity contribution is 0.104. The average molecular weight is 314 g/mol. The highest BCUT2D eigenvalue weighted by atomic mass is 16.1. The van der Waals surface area contributed by atoms with Crippen molar-refractivity contribution in [1.82, 2.24) is 5.43 Å². The van der Waals surface area contributed by atoms with Gasteiger partial charge in [-0.25, -0.2) is 0 Å². The number of hydrazine groups is 1. The minimum absolute atomic E-state index is 0.0446. The number of nitrogens with one attached hydrogen (secondary N) is 2. The monoisotopic (exact) mass is 314 g/mol. The summed E-state index contributed by atoms with van der Waals surface area (Å²) in [5, 5.41) is 0. The molecule has 24 heavy (non-hydrogen) atoms. The molecule has 0 fully saturated rings. The van der Waals surface area contributed by atoms with Crippen LogP contribution in [-0.2, 0) is 0 Å². The van der Waals surface area contributed by atoms with Crippen molar-refractivity contribution in [3.63, 3.8) is 0 Å². The molecule has 0 bridgehead atoms. The maximum Gasteiger partial charge on any atom is 0.187 e. The molecule has 0 atom stereocenters. The molecule has 3 aromatic carbocycles. The standard InChI is InChI=1S/C21H18N2O/c24-21(18-12-6-2-7-13-18)16-20(17-10-4-1-5-11-17)23-22-19-14-8-3-9-15-19/h1-16,22-23H. The lowest BCUT2D eigenvalue weighted by Crippen LogP contribution is -2.20. The van der Waals surface area contributed by atoms with E-state index in [1.54, 1.807) is 6.08 Å². The second-order valence-electron chi connectivity index (χ2n) is 5.27. The molecule has 0 aliphatic rings. The molecule has 0 aromatic heterocycles. The van der Waals surface area contributed by atoms with Crippen molar-refractivity contribution < 1.29 is 4.79 Å². The summed E-state index contributed by atoms with van der Waals surface area (Å²) in [4.78, 5) is 12.5. The van der Waals surface area contributed by atoms with Gasteiger partial charge in [0.15, 0.2) is 5.78 Å². The fourth-order valence-electron chi connectivity index (χ4n) is 2.29. The molecule has 0 spiro atoms. The van der Waals surface area contributed by atoms with Crippen LogP contribution in [0.2, 0.25) is 0 Å². The number of benzene rings is 3. The van der Waals surface area contributed by atoms with E-state index in [1.807, 2.05) is 91.0 Å². The Morgan fingerprint density at radius 2 is 1.17 bits per heavy atom. The number of anilines is 1. The van der Waals surface area contributed by atoms with Gasteiger partial charge in [-0.1, -0.05) is 78.9 Å². The molecular weight excluding hydrogens is 296 g/mol. The Morgan fingerprint density at radius 1 is 0.667 bits per heavy atom. The highest BCUT2D eigenvalue weighted by Gasteiger charge is 2.07. The summed E-state index contributed by atoms with van der Waals surface area (Å²) < 4.78 is 0. The van der Waals surface area contributed by atoms with E-state index in [0.29, 0.717) is 11.3 Å². The minimum Gasteiger partial charge on any atom is -0.301 e. The predicted molar refractivity (Wildman–Crippen MR) is 98.4 cm³/mol. The van der Waals surface area contributed by atoms with Gasteiger partial charge < -0.3 is 10.9 Å². The third kappa shape index (κ3) is 4.11. The zero-order valence-corrected chi connectivity index (χ0v) is 13.1. The molecule has 3 rings (SSSR count). The van der Waals surface area contributed by atoms with Crippen LogP contribution in [0, 0.1) is 0 Å². The molecule has 3 heteroatoms. The molecule has 118 valence electrons. The lowest BCUT2D eigenvalue weighted by Gasteiger charge is -2.13. The normalized spacial score (nSPS) is 10.9. The summed E-state index contributed by atoms with van der Waals surface area (Å²) in [5.41, 5.74) is 9.51. The smallest absolute Gasteiger partial charge is 0.187 e. The van der Waals surface area contributed by atoms with Crippen molar-refractivity contribution in [3.05, 3.63) is 108 Å². The van der Waals surface area contributed by atoms with Crippen LogP contribution in [0.3, 0.4) is 0 Å². The molecular formula is C21H18N2O. The molecule has 0 aliphatic carbocycles. The summed E-state index contributed by atoms with van der Waals surface area (Å²) in [7, 11) is 0. The molecule has 0 radical (unpaired) electrons. The van der Waals surface area contributed by atoms with Gasteiger partial charge in [-0.3, -0.25) is 4.79 Å². The third-order valence-electron chi connectivity index (χ3n) is 3.53. The van der Waals surface area contributed by atoms with E-state index in [2.05, 4.69) is 10.9 Å². The van der Waals surface area contributed by atoms with Gasteiger partial charge in [0, 0.05) is 11.6 Å². The first-order chi connectivity index (χ1) is 11.8. The van der Waals surface area contributed by atoms with Crippen molar-refractivity contribution >= 4 is 17.2 Å². The van der Waals surface area contributed by atoms with Gasteiger partial charge in [-0.15, -0.1) is 0 Å². The largest absolute Gasteiger partial charge is 0.301 e. The van der Waals surface area contributed by atoms with Gasteiger partial charge in [0.25, 0.3) is 0 Å². The zero-order valence-electron chi connectivity index (χ0n) is 13.1. The fourth-order valence-corrected chi connectivity index (χ4v) is 2.29. The molecule has 3 aromatic rings. The first-order valence-electron chi connectivity index (χ1n) is 7.76. The number of carbonyl (C=O) groups excluding carboxylic acids is 1. The zero-order chi connectivity index (χ0) is 16.6. The minimum atomic E-state index is -0.0446. The van der Waals surface area contributed by atoms with Gasteiger partial charge in [0.2, 0.25) is 0 Å². The van der Waals surface area contributed by atoms with Crippen LogP contribution in [-0.4, -0.2) is 5.78 Å². The maximum absolute atomic E-state index is 12.5. The van der Waals surface area contributed by atoms with Crippen LogP contribution in [0.1, 0.15) is 15.9 Å². The first kappa shape index (κ1) is 15.6.